The highest BCUT2D eigenvalue weighted by molar-refractivity contribution is 5.82. The average Bonchev–Trinajstić information content (AvgIpc) is 2.74. The van der Waals surface area contributed by atoms with Gasteiger partial charge in [0.2, 0.25) is 5.91 Å². The lowest BCUT2D eigenvalue weighted by molar-refractivity contribution is -0.130. The number of hydrazine groups is 1. The Bertz CT molecular complexity index is 790. The monoisotopic (exact) mass is 386 g/mol. The molecular formula is C21H26N2O5. The fourth-order valence-corrected chi connectivity index (χ4v) is 2.61. The van der Waals surface area contributed by atoms with E-state index >= 15 is 0 Å². The van der Waals surface area contributed by atoms with E-state index in [1.165, 1.54) is 5.56 Å². The van der Waals surface area contributed by atoms with Gasteiger partial charge in [-0.05, 0) is 42.2 Å². The number of para-hydroxylation sites is 1. The highest BCUT2D eigenvalue weighted by atomic mass is 16.5. The van der Waals surface area contributed by atoms with Crippen LogP contribution in [0, 0.1) is 0 Å². The van der Waals surface area contributed by atoms with Crippen LogP contribution in [0.1, 0.15) is 24.5 Å². The minimum atomic E-state index is -0.438. The first-order valence-electron chi connectivity index (χ1n) is 9.06. The lowest BCUT2D eigenvalue weighted by Gasteiger charge is -2.12. The Morgan fingerprint density at radius 1 is 0.929 bits per heavy atom. The first kappa shape index (κ1) is 21.1. The first-order chi connectivity index (χ1) is 13.6. The Hall–Kier alpha value is -3.22. The molecule has 0 atom stereocenters. The molecule has 0 aromatic heterocycles. The molecule has 0 radical (unpaired) electrons. The maximum atomic E-state index is 12.0. The summed E-state index contributed by atoms with van der Waals surface area (Å²) in [5, 5.41) is 0. The zero-order valence-corrected chi connectivity index (χ0v) is 16.4. The summed E-state index contributed by atoms with van der Waals surface area (Å²) >= 11 is 0. The van der Waals surface area contributed by atoms with Gasteiger partial charge in [0.25, 0.3) is 5.91 Å². The molecule has 2 N–H and O–H groups in total. The van der Waals surface area contributed by atoms with E-state index in [0.29, 0.717) is 23.7 Å². The second-order valence-corrected chi connectivity index (χ2v) is 6.04. The van der Waals surface area contributed by atoms with Gasteiger partial charge >= 0.3 is 0 Å². The van der Waals surface area contributed by atoms with Gasteiger partial charge in [0.1, 0.15) is 5.75 Å². The van der Waals surface area contributed by atoms with Gasteiger partial charge in [-0.3, -0.25) is 20.4 Å². The molecule has 0 heterocycles. The number of aryl methyl sites for hydroxylation is 2. The summed E-state index contributed by atoms with van der Waals surface area (Å²) in [5.74, 6) is 1.06. The van der Waals surface area contributed by atoms with E-state index in [4.69, 9.17) is 14.2 Å². The summed E-state index contributed by atoms with van der Waals surface area (Å²) in [6, 6.07) is 13.0. The van der Waals surface area contributed by atoms with Crippen LogP contribution < -0.4 is 25.1 Å². The minimum Gasteiger partial charge on any atom is -0.493 e. The lowest BCUT2D eigenvalue weighted by Crippen LogP contribution is -2.43. The van der Waals surface area contributed by atoms with Gasteiger partial charge in [-0.15, -0.1) is 0 Å². The van der Waals surface area contributed by atoms with Crippen LogP contribution >= 0.6 is 0 Å². The molecule has 0 bridgehead atoms. The molecule has 0 unspecified atom stereocenters. The summed E-state index contributed by atoms with van der Waals surface area (Å²) in [7, 11) is 3.11. The van der Waals surface area contributed by atoms with Crippen LogP contribution in [0.3, 0.4) is 0 Å². The van der Waals surface area contributed by atoms with Crippen molar-refractivity contribution in [3.05, 3.63) is 53.6 Å². The minimum absolute atomic E-state index is 0.184. The van der Waals surface area contributed by atoms with Gasteiger partial charge in [0.05, 0.1) is 14.2 Å². The van der Waals surface area contributed by atoms with Gasteiger partial charge in [0.15, 0.2) is 18.1 Å². The van der Waals surface area contributed by atoms with Gasteiger partial charge in [-0.1, -0.05) is 31.2 Å². The fourth-order valence-electron chi connectivity index (χ4n) is 2.61. The molecule has 28 heavy (non-hydrogen) atoms. The summed E-state index contributed by atoms with van der Waals surface area (Å²) in [5.41, 5.74) is 6.77. The van der Waals surface area contributed by atoms with E-state index in [0.717, 1.165) is 12.0 Å². The third kappa shape index (κ3) is 6.19. The fraction of sp³-hybridized carbons (Fsp3) is 0.333. The van der Waals surface area contributed by atoms with E-state index in [1.54, 1.807) is 20.3 Å². The van der Waals surface area contributed by atoms with E-state index in [2.05, 4.69) is 17.8 Å². The number of hydrogen-bond acceptors (Lipinski definition) is 5. The number of hydrogen-bond donors (Lipinski definition) is 2. The van der Waals surface area contributed by atoms with Crippen molar-refractivity contribution in [3.63, 3.8) is 0 Å². The number of methoxy groups -OCH3 is 2. The van der Waals surface area contributed by atoms with Gasteiger partial charge in [-0.2, -0.15) is 0 Å². The van der Waals surface area contributed by atoms with E-state index in [9.17, 15) is 9.59 Å². The highest BCUT2D eigenvalue weighted by Gasteiger charge is 2.12. The topological polar surface area (TPSA) is 85.9 Å². The van der Waals surface area contributed by atoms with Crippen molar-refractivity contribution in [1.29, 1.82) is 0 Å². The Labute approximate surface area is 165 Å². The molecule has 2 aromatic carbocycles. The molecule has 0 fully saturated rings. The van der Waals surface area contributed by atoms with Crippen LogP contribution in [0.5, 0.6) is 17.2 Å². The molecular weight excluding hydrogens is 360 g/mol. The standard InChI is InChI=1S/C21H26N2O5/c1-4-15-8-11-17(12-9-15)28-14-20(25)23-22-19(24)13-10-16-6-5-7-18(26-2)21(16)27-3/h5-9,11-12H,4,10,13-14H2,1-3H3,(H,22,24)(H,23,25). The van der Waals surface area contributed by atoms with Crippen LogP contribution in [0.2, 0.25) is 0 Å². The van der Waals surface area contributed by atoms with Crippen LogP contribution in [0.15, 0.2) is 42.5 Å². The predicted octanol–water partition coefficient (Wildman–Crippen LogP) is 2.43. The Kier molecular flexibility index (Phi) is 8.14. The van der Waals surface area contributed by atoms with Crippen molar-refractivity contribution in [2.75, 3.05) is 20.8 Å². The van der Waals surface area contributed by atoms with Gasteiger partial charge < -0.3 is 14.2 Å². The van der Waals surface area contributed by atoms with Crippen LogP contribution in [0.4, 0.5) is 0 Å². The predicted molar refractivity (Wildman–Crippen MR) is 105 cm³/mol. The zero-order chi connectivity index (χ0) is 20.4. The van der Waals surface area contributed by atoms with E-state index in [-0.39, 0.29) is 18.9 Å². The number of ether oxygens (including phenoxy) is 3. The van der Waals surface area contributed by atoms with Crippen molar-refractivity contribution in [1.82, 2.24) is 10.9 Å². The van der Waals surface area contributed by atoms with Gasteiger partial charge in [0, 0.05) is 6.42 Å². The number of carbonyl (C=O) groups excluding carboxylic acids is 2. The largest absolute Gasteiger partial charge is 0.493 e. The quantitative estimate of drug-likeness (QED) is 0.647. The molecule has 0 aliphatic heterocycles. The van der Waals surface area contributed by atoms with Crippen molar-refractivity contribution in [2.45, 2.75) is 26.2 Å². The van der Waals surface area contributed by atoms with Crippen LogP contribution in [-0.4, -0.2) is 32.6 Å². The third-order valence-electron chi connectivity index (χ3n) is 4.15. The molecule has 2 amide bonds. The number of benzene rings is 2. The summed E-state index contributed by atoms with van der Waals surface area (Å²) in [6.45, 7) is 1.88. The van der Waals surface area contributed by atoms with Crippen LogP contribution in [0.25, 0.3) is 0 Å². The second-order valence-electron chi connectivity index (χ2n) is 6.04. The molecule has 7 heteroatoms. The Morgan fingerprint density at radius 3 is 2.29 bits per heavy atom. The smallest absolute Gasteiger partial charge is 0.276 e. The maximum Gasteiger partial charge on any atom is 0.276 e. The number of nitrogens with one attached hydrogen (secondary N) is 2. The number of amides is 2. The molecule has 2 aromatic rings. The third-order valence-corrected chi connectivity index (χ3v) is 4.15. The summed E-state index contributed by atoms with van der Waals surface area (Å²) < 4.78 is 16.0. The van der Waals surface area contributed by atoms with Crippen LogP contribution in [-0.2, 0) is 22.4 Å². The molecule has 0 spiro atoms. The molecule has 0 saturated heterocycles. The number of carbonyl (C=O) groups is 2. The lowest BCUT2D eigenvalue weighted by atomic mass is 10.1. The Balaban J connectivity index is 1.74. The maximum absolute atomic E-state index is 12.0. The summed E-state index contributed by atoms with van der Waals surface area (Å²) in [4.78, 5) is 23.8. The van der Waals surface area contributed by atoms with Gasteiger partial charge in [-0.25, -0.2) is 0 Å². The molecule has 0 saturated carbocycles. The normalized spacial score (nSPS) is 10.1. The Morgan fingerprint density at radius 2 is 1.64 bits per heavy atom. The van der Waals surface area contributed by atoms with E-state index in [1.807, 2.05) is 36.4 Å². The van der Waals surface area contributed by atoms with Crippen molar-refractivity contribution in [3.8, 4) is 17.2 Å². The SMILES string of the molecule is CCc1ccc(OCC(=O)NNC(=O)CCc2cccc(OC)c2OC)cc1. The molecule has 0 aliphatic carbocycles. The van der Waals surface area contributed by atoms with Crippen molar-refractivity contribution >= 4 is 11.8 Å². The van der Waals surface area contributed by atoms with Crippen molar-refractivity contribution < 1.29 is 23.8 Å². The first-order valence-corrected chi connectivity index (χ1v) is 9.06. The molecule has 2 rings (SSSR count). The average molecular weight is 386 g/mol. The summed E-state index contributed by atoms with van der Waals surface area (Å²) in [6.07, 6.45) is 1.57. The molecule has 0 aliphatic rings. The molecule has 150 valence electrons. The van der Waals surface area contributed by atoms with E-state index < -0.39 is 5.91 Å². The highest BCUT2D eigenvalue weighted by Crippen LogP contribution is 2.31. The zero-order valence-electron chi connectivity index (χ0n) is 16.4. The number of rotatable bonds is 9. The second kappa shape index (κ2) is 10.8. The van der Waals surface area contributed by atoms with Crippen molar-refractivity contribution in [2.24, 2.45) is 0 Å². The molecule has 7 nitrogen and oxygen atoms in total.